The van der Waals surface area contributed by atoms with E-state index >= 15 is 0 Å². The lowest BCUT2D eigenvalue weighted by atomic mass is 9.78. The van der Waals surface area contributed by atoms with Gasteiger partial charge in [0.15, 0.2) is 11.1 Å². The molecule has 0 bridgehead atoms. The smallest absolute Gasteiger partial charge is 0.186 e. The summed E-state index contributed by atoms with van der Waals surface area (Å²) in [4.78, 5) is 0.547. The van der Waals surface area contributed by atoms with Gasteiger partial charge in [0.1, 0.15) is 0 Å². The minimum absolute atomic E-state index is 0.274. The Morgan fingerprint density at radius 2 is 2.13 bits per heavy atom. The van der Waals surface area contributed by atoms with Crippen molar-refractivity contribution in [2.45, 2.75) is 13.3 Å². The van der Waals surface area contributed by atoms with E-state index in [9.17, 15) is 8.76 Å². The number of rotatable bonds is 2. The molecule has 0 aromatic heterocycles. The Kier molecular flexibility index (Phi) is 3.03. The lowest BCUT2D eigenvalue weighted by Gasteiger charge is -2.28. The lowest BCUT2D eigenvalue weighted by molar-refractivity contribution is 0.512. The molecule has 0 saturated carbocycles. The maximum atomic E-state index is 11.1. The number of hydrogen-bond acceptors (Lipinski definition) is 1. The second-order valence-corrected chi connectivity index (χ2v) is 4.71. The van der Waals surface area contributed by atoms with Crippen LogP contribution in [0.1, 0.15) is 13.3 Å². The third kappa shape index (κ3) is 1.90. The molecule has 0 amide bonds. The Balaban J connectivity index is 2.45. The Hall–Kier alpha value is -0.930. The molecule has 2 aliphatic rings. The van der Waals surface area contributed by atoms with E-state index in [4.69, 9.17) is 0 Å². The molecule has 80 valence electrons. The SMILES string of the molecule is CCC1C=CC(S(=O)O)=C2C=CC=CC21. The highest BCUT2D eigenvalue weighted by molar-refractivity contribution is 7.83. The van der Waals surface area contributed by atoms with E-state index in [2.05, 4.69) is 13.0 Å². The third-order valence-corrected chi connectivity index (χ3v) is 3.71. The zero-order valence-electron chi connectivity index (χ0n) is 8.59. The van der Waals surface area contributed by atoms with Crippen LogP contribution in [0.4, 0.5) is 0 Å². The fourth-order valence-corrected chi connectivity index (χ4v) is 2.75. The summed E-state index contributed by atoms with van der Waals surface area (Å²) in [6.07, 6.45) is 12.9. The summed E-state index contributed by atoms with van der Waals surface area (Å²) < 4.78 is 20.3. The maximum absolute atomic E-state index is 11.1. The van der Waals surface area contributed by atoms with E-state index in [1.165, 1.54) is 0 Å². The summed E-state index contributed by atoms with van der Waals surface area (Å²) in [5, 5.41) is 0. The minimum atomic E-state index is -1.88. The topological polar surface area (TPSA) is 37.3 Å². The van der Waals surface area contributed by atoms with Gasteiger partial charge < -0.3 is 4.55 Å². The molecule has 0 radical (unpaired) electrons. The highest BCUT2D eigenvalue weighted by Crippen LogP contribution is 2.36. The predicted octanol–water partition coefficient (Wildman–Crippen LogP) is 2.80. The van der Waals surface area contributed by atoms with Crippen molar-refractivity contribution in [3.05, 3.63) is 46.9 Å². The van der Waals surface area contributed by atoms with Crippen LogP contribution in [0, 0.1) is 11.8 Å². The summed E-state index contributed by atoms with van der Waals surface area (Å²) >= 11 is -1.88. The van der Waals surface area contributed by atoms with Crippen molar-refractivity contribution >= 4 is 11.1 Å². The molecule has 0 spiro atoms. The van der Waals surface area contributed by atoms with Crippen LogP contribution in [0.3, 0.4) is 0 Å². The maximum Gasteiger partial charge on any atom is 0.186 e. The molecule has 2 nitrogen and oxygen atoms in total. The largest absolute Gasteiger partial charge is 0.302 e. The van der Waals surface area contributed by atoms with Crippen LogP contribution < -0.4 is 0 Å². The van der Waals surface area contributed by atoms with Gasteiger partial charge >= 0.3 is 0 Å². The summed E-state index contributed by atoms with van der Waals surface area (Å²) in [7, 11) is 0. The lowest BCUT2D eigenvalue weighted by Crippen LogP contribution is -2.19. The van der Waals surface area contributed by atoms with E-state index in [1.807, 2.05) is 24.3 Å². The molecule has 0 aromatic rings. The molecular formula is C12H14O2S. The highest BCUT2D eigenvalue weighted by Gasteiger charge is 2.26. The van der Waals surface area contributed by atoms with Gasteiger partial charge in [0.2, 0.25) is 0 Å². The van der Waals surface area contributed by atoms with Crippen LogP contribution in [0.15, 0.2) is 46.9 Å². The molecule has 0 fully saturated rings. The molecule has 0 heterocycles. The Bertz CT molecular complexity index is 402. The first-order valence-corrected chi connectivity index (χ1v) is 6.22. The number of allylic oxidation sites excluding steroid dienone is 7. The first-order valence-electron chi connectivity index (χ1n) is 5.12. The second kappa shape index (κ2) is 4.29. The first-order chi connectivity index (χ1) is 7.24. The molecule has 0 aliphatic heterocycles. The predicted molar refractivity (Wildman–Crippen MR) is 62.5 cm³/mol. The summed E-state index contributed by atoms with van der Waals surface area (Å²) in [6.45, 7) is 2.14. The van der Waals surface area contributed by atoms with E-state index < -0.39 is 11.1 Å². The quantitative estimate of drug-likeness (QED) is 0.729. The molecular weight excluding hydrogens is 208 g/mol. The standard InChI is InChI=1S/C12H14O2S/c1-2-9-7-8-12(15(13)14)11-6-4-3-5-10(9)11/h3-10H,2H2,1H3,(H,13,14). The van der Waals surface area contributed by atoms with Crippen molar-refractivity contribution in [2.75, 3.05) is 0 Å². The Morgan fingerprint density at radius 1 is 1.33 bits per heavy atom. The van der Waals surface area contributed by atoms with Crippen molar-refractivity contribution in [2.24, 2.45) is 11.8 Å². The molecule has 1 N–H and O–H groups in total. The summed E-state index contributed by atoms with van der Waals surface area (Å²) in [6, 6.07) is 0. The van der Waals surface area contributed by atoms with Crippen molar-refractivity contribution in [3.8, 4) is 0 Å². The van der Waals surface area contributed by atoms with Gasteiger partial charge in [0.05, 0.1) is 4.91 Å². The third-order valence-electron chi connectivity index (χ3n) is 2.96. The number of hydrogen-bond donors (Lipinski definition) is 1. The van der Waals surface area contributed by atoms with Crippen LogP contribution in [0.25, 0.3) is 0 Å². The van der Waals surface area contributed by atoms with Gasteiger partial charge in [0, 0.05) is 5.92 Å². The Morgan fingerprint density at radius 3 is 2.80 bits per heavy atom. The molecule has 0 aromatic carbocycles. The average molecular weight is 222 g/mol. The van der Waals surface area contributed by atoms with Crippen LogP contribution in [0.2, 0.25) is 0 Å². The highest BCUT2D eigenvalue weighted by atomic mass is 32.2. The first kappa shape index (κ1) is 10.6. The van der Waals surface area contributed by atoms with Gasteiger partial charge in [-0.05, 0) is 24.0 Å². The fourth-order valence-electron chi connectivity index (χ4n) is 2.15. The van der Waals surface area contributed by atoms with Crippen molar-refractivity contribution in [1.29, 1.82) is 0 Å². The molecule has 0 saturated heterocycles. The van der Waals surface area contributed by atoms with E-state index in [-0.39, 0.29) is 5.92 Å². The van der Waals surface area contributed by atoms with Crippen LogP contribution >= 0.6 is 0 Å². The van der Waals surface area contributed by atoms with Crippen LogP contribution in [-0.4, -0.2) is 8.76 Å². The normalized spacial score (nSPS) is 30.5. The van der Waals surface area contributed by atoms with Gasteiger partial charge in [-0.3, -0.25) is 0 Å². The van der Waals surface area contributed by atoms with Crippen molar-refractivity contribution in [1.82, 2.24) is 0 Å². The molecule has 3 heteroatoms. The number of fused-ring (bicyclic) bond motifs is 1. The second-order valence-electron chi connectivity index (χ2n) is 3.77. The zero-order chi connectivity index (χ0) is 10.8. The van der Waals surface area contributed by atoms with Gasteiger partial charge in [0.25, 0.3) is 0 Å². The average Bonchev–Trinajstić information content (AvgIpc) is 2.27. The van der Waals surface area contributed by atoms with E-state index in [0.29, 0.717) is 10.8 Å². The van der Waals surface area contributed by atoms with Gasteiger partial charge in [-0.2, -0.15) is 0 Å². The van der Waals surface area contributed by atoms with Gasteiger partial charge in [-0.25, -0.2) is 4.21 Å². The van der Waals surface area contributed by atoms with Crippen molar-refractivity contribution in [3.63, 3.8) is 0 Å². The minimum Gasteiger partial charge on any atom is -0.302 e. The van der Waals surface area contributed by atoms with Crippen molar-refractivity contribution < 1.29 is 8.76 Å². The summed E-state index contributed by atoms with van der Waals surface area (Å²) in [5.41, 5.74) is 0.993. The monoisotopic (exact) mass is 222 g/mol. The van der Waals surface area contributed by atoms with Crippen LogP contribution in [0.5, 0.6) is 0 Å². The molecule has 2 aliphatic carbocycles. The Labute approximate surface area is 92.4 Å². The molecule has 3 atom stereocenters. The summed E-state index contributed by atoms with van der Waals surface area (Å²) in [5.74, 6) is 0.726. The van der Waals surface area contributed by atoms with Gasteiger partial charge in [-0.1, -0.05) is 37.3 Å². The van der Waals surface area contributed by atoms with E-state index in [1.54, 1.807) is 6.08 Å². The van der Waals surface area contributed by atoms with Crippen LogP contribution in [-0.2, 0) is 11.1 Å². The zero-order valence-corrected chi connectivity index (χ0v) is 9.41. The fraction of sp³-hybridized carbons (Fsp3) is 0.333. The molecule has 2 rings (SSSR count). The molecule has 3 unspecified atom stereocenters. The van der Waals surface area contributed by atoms with Gasteiger partial charge in [-0.15, -0.1) is 0 Å². The van der Waals surface area contributed by atoms with E-state index in [0.717, 1.165) is 12.0 Å². The molecule has 15 heavy (non-hydrogen) atoms.